The predicted octanol–water partition coefficient (Wildman–Crippen LogP) is 6.52. The lowest BCUT2D eigenvalue weighted by Crippen LogP contribution is -2.06. The molecule has 1 aromatic heterocycles. The van der Waals surface area contributed by atoms with Gasteiger partial charge in [-0.05, 0) is 70.0 Å². The van der Waals surface area contributed by atoms with Crippen LogP contribution in [0.3, 0.4) is 0 Å². The lowest BCUT2D eigenvalue weighted by atomic mass is 10.2. The van der Waals surface area contributed by atoms with E-state index in [1.54, 1.807) is 0 Å². The molecule has 18 heavy (non-hydrogen) atoms. The van der Waals surface area contributed by atoms with Gasteiger partial charge in [0.2, 0.25) is 0 Å². The zero-order chi connectivity index (χ0) is 13.3. The highest BCUT2D eigenvalue weighted by molar-refractivity contribution is 9.11. The van der Waals surface area contributed by atoms with Crippen LogP contribution >= 0.6 is 59.1 Å². The van der Waals surface area contributed by atoms with Gasteiger partial charge in [0, 0.05) is 23.2 Å². The Morgan fingerprint density at radius 2 is 1.72 bits per heavy atom. The van der Waals surface area contributed by atoms with Crippen molar-refractivity contribution in [3.05, 3.63) is 47.4 Å². The molecule has 96 valence electrons. The van der Waals surface area contributed by atoms with Crippen LogP contribution in [-0.2, 0) is 0 Å². The molecule has 0 bridgehead atoms. The minimum Gasteiger partial charge on any atom is -0.376 e. The van der Waals surface area contributed by atoms with E-state index >= 15 is 0 Å². The van der Waals surface area contributed by atoms with Gasteiger partial charge in [0.1, 0.15) is 0 Å². The number of hydrogen-bond acceptors (Lipinski definition) is 2. The van der Waals surface area contributed by atoms with Crippen LogP contribution in [0.2, 0.25) is 0 Å². The van der Waals surface area contributed by atoms with Crippen molar-refractivity contribution in [2.75, 3.05) is 5.32 Å². The lowest BCUT2D eigenvalue weighted by molar-refractivity contribution is 0.905. The first-order valence-corrected chi connectivity index (χ1v) is 8.64. The maximum Gasteiger partial charge on any atom is 0.0634 e. The predicted molar refractivity (Wildman–Crippen MR) is 90.6 cm³/mol. The van der Waals surface area contributed by atoms with Crippen molar-refractivity contribution in [2.45, 2.75) is 19.9 Å². The third-order valence-corrected chi connectivity index (χ3v) is 5.45. The van der Waals surface area contributed by atoms with Crippen LogP contribution in [0.4, 0.5) is 5.69 Å². The number of hydrogen-bond donors (Lipinski definition) is 1. The van der Waals surface area contributed by atoms with Crippen molar-refractivity contribution in [1.29, 1.82) is 0 Å². The Morgan fingerprint density at radius 1 is 1.11 bits per heavy atom. The highest BCUT2D eigenvalue weighted by Gasteiger charge is 2.12. The van der Waals surface area contributed by atoms with E-state index in [-0.39, 0.29) is 6.04 Å². The zero-order valence-corrected chi connectivity index (χ0v) is 15.5. The normalized spacial score (nSPS) is 12.5. The van der Waals surface area contributed by atoms with Crippen molar-refractivity contribution in [2.24, 2.45) is 0 Å². The van der Waals surface area contributed by atoms with Crippen molar-refractivity contribution in [3.8, 4) is 0 Å². The summed E-state index contributed by atoms with van der Waals surface area (Å²) in [7, 11) is 0. The second-order valence-electron chi connectivity index (χ2n) is 4.06. The number of rotatable bonds is 3. The Hall–Kier alpha value is 0.160. The molecule has 1 nitrogen and oxygen atoms in total. The summed E-state index contributed by atoms with van der Waals surface area (Å²) in [6.45, 7) is 4.30. The Kier molecular flexibility index (Phi) is 4.92. The number of anilines is 1. The number of benzene rings is 1. The molecule has 1 unspecified atom stereocenters. The van der Waals surface area contributed by atoms with Gasteiger partial charge in [-0.1, -0.05) is 15.9 Å². The van der Waals surface area contributed by atoms with E-state index in [0.717, 1.165) is 19.1 Å². The molecule has 2 aromatic rings. The first-order chi connectivity index (χ1) is 8.47. The highest BCUT2D eigenvalue weighted by Crippen LogP contribution is 2.37. The lowest BCUT2D eigenvalue weighted by Gasteiger charge is -2.17. The third-order valence-electron chi connectivity index (χ3n) is 2.56. The van der Waals surface area contributed by atoms with Gasteiger partial charge < -0.3 is 5.32 Å². The summed E-state index contributed by atoms with van der Waals surface area (Å²) in [6, 6.07) is 8.71. The third kappa shape index (κ3) is 3.38. The molecule has 0 radical (unpaired) electrons. The quantitative estimate of drug-likeness (QED) is 0.558. The van der Waals surface area contributed by atoms with E-state index in [9.17, 15) is 0 Å². The Labute approximate surface area is 136 Å². The van der Waals surface area contributed by atoms with Crippen molar-refractivity contribution < 1.29 is 0 Å². The van der Waals surface area contributed by atoms with Crippen LogP contribution in [0.1, 0.15) is 22.7 Å². The minimum absolute atomic E-state index is 0.289. The first kappa shape index (κ1) is 14.6. The number of aryl methyl sites for hydroxylation is 1. The van der Waals surface area contributed by atoms with Crippen LogP contribution < -0.4 is 5.32 Å². The van der Waals surface area contributed by atoms with E-state index in [4.69, 9.17) is 0 Å². The molecule has 2 rings (SSSR count). The van der Waals surface area contributed by atoms with Crippen molar-refractivity contribution in [1.82, 2.24) is 0 Å². The molecular weight excluding hydrogens is 442 g/mol. The largest absolute Gasteiger partial charge is 0.376 e. The van der Waals surface area contributed by atoms with Gasteiger partial charge in [0.25, 0.3) is 0 Å². The molecule has 1 N–H and O–H groups in total. The molecular formula is C13H12Br3NS. The van der Waals surface area contributed by atoms with Gasteiger partial charge in [-0.3, -0.25) is 0 Å². The van der Waals surface area contributed by atoms with Crippen LogP contribution in [0.5, 0.6) is 0 Å². The average molecular weight is 454 g/mol. The van der Waals surface area contributed by atoms with E-state index in [1.165, 1.54) is 9.75 Å². The Bertz CT molecular complexity index is 542. The van der Waals surface area contributed by atoms with E-state index in [1.807, 2.05) is 23.5 Å². The summed E-state index contributed by atoms with van der Waals surface area (Å²) in [4.78, 5) is 2.68. The molecule has 0 saturated carbocycles. The molecule has 1 heterocycles. The summed E-state index contributed by atoms with van der Waals surface area (Å²) < 4.78 is 3.14. The van der Waals surface area contributed by atoms with Gasteiger partial charge in [-0.15, -0.1) is 11.3 Å². The summed E-state index contributed by atoms with van der Waals surface area (Å²) in [5, 5.41) is 3.53. The fourth-order valence-electron chi connectivity index (χ4n) is 1.65. The molecule has 0 aliphatic heterocycles. The van der Waals surface area contributed by atoms with Gasteiger partial charge >= 0.3 is 0 Å². The second kappa shape index (κ2) is 6.07. The van der Waals surface area contributed by atoms with E-state index in [0.29, 0.717) is 0 Å². The van der Waals surface area contributed by atoms with Crippen molar-refractivity contribution in [3.63, 3.8) is 0 Å². The minimum atomic E-state index is 0.289. The SMILES string of the molecule is Cc1ccc(C(C)Nc2c(Br)cc(Br)cc2Br)s1. The van der Waals surface area contributed by atoms with Crippen LogP contribution in [0.15, 0.2) is 37.7 Å². The summed E-state index contributed by atoms with van der Waals surface area (Å²) in [6.07, 6.45) is 0. The Morgan fingerprint density at radius 3 is 2.22 bits per heavy atom. The van der Waals surface area contributed by atoms with Gasteiger partial charge in [0.05, 0.1) is 11.7 Å². The number of nitrogens with one attached hydrogen (secondary N) is 1. The molecule has 0 aliphatic carbocycles. The molecule has 0 spiro atoms. The smallest absolute Gasteiger partial charge is 0.0634 e. The average Bonchev–Trinajstić information content (AvgIpc) is 2.70. The van der Waals surface area contributed by atoms with Gasteiger partial charge in [0.15, 0.2) is 0 Å². The summed E-state index contributed by atoms with van der Waals surface area (Å²) in [5.41, 5.74) is 1.08. The number of halogens is 3. The van der Waals surface area contributed by atoms with Gasteiger partial charge in [-0.2, -0.15) is 0 Å². The van der Waals surface area contributed by atoms with Crippen LogP contribution in [0, 0.1) is 6.92 Å². The molecule has 0 saturated heterocycles. The maximum atomic E-state index is 3.59. The second-order valence-corrected chi connectivity index (χ2v) is 8.00. The van der Waals surface area contributed by atoms with E-state index < -0.39 is 0 Å². The number of thiophene rings is 1. The zero-order valence-electron chi connectivity index (χ0n) is 9.93. The van der Waals surface area contributed by atoms with Crippen molar-refractivity contribution >= 4 is 64.8 Å². The monoisotopic (exact) mass is 451 g/mol. The fraction of sp³-hybridized carbons (Fsp3) is 0.231. The Balaban J connectivity index is 2.24. The molecule has 1 aromatic carbocycles. The molecule has 5 heteroatoms. The summed E-state index contributed by atoms with van der Waals surface area (Å²) >= 11 is 12.5. The maximum absolute atomic E-state index is 3.59. The molecule has 0 amide bonds. The molecule has 0 aliphatic rings. The van der Waals surface area contributed by atoms with E-state index in [2.05, 4.69) is 79.1 Å². The topological polar surface area (TPSA) is 12.0 Å². The van der Waals surface area contributed by atoms with Crippen LogP contribution in [-0.4, -0.2) is 0 Å². The molecule has 0 fully saturated rings. The first-order valence-electron chi connectivity index (χ1n) is 5.45. The standard InChI is InChI=1S/C13H12Br3NS/c1-7-3-4-12(18-7)8(2)17-13-10(15)5-9(14)6-11(13)16/h3-6,8,17H,1-2H3. The highest BCUT2D eigenvalue weighted by atomic mass is 79.9. The fourth-order valence-corrected chi connectivity index (χ4v) is 5.02. The summed E-state index contributed by atoms with van der Waals surface area (Å²) in [5.74, 6) is 0. The van der Waals surface area contributed by atoms with Gasteiger partial charge in [-0.25, -0.2) is 0 Å². The van der Waals surface area contributed by atoms with Crippen LogP contribution in [0.25, 0.3) is 0 Å². The molecule has 1 atom stereocenters.